The predicted octanol–water partition coefficient (Wildman–Crippen LogP) is 2.61. The van der Waals surface area contributed by atoms with Crippen LogP contribution in [0.5, 0.6) is 0 Å². The molecule has 18 heavy (non-hydrogen) atoms. The molecule has 2 aromatic rings. The van der Waals surface area contributed by atoms with Crippen LogP contribution in [-0.2, 0) is 0 Å². The molecular formula is C12H7FN2O3. The van der Waals surface area contributed by atoms with Crippen molar-refractivity contribution in [3.63, 3.8) is 0 Å². The molecule has 6 heteroatoms. The lowest BCUT2D eigenvalue weighted by Gasteiger charge is -2.03. The lowest BCUT2D eigenvalue weighted by molar-refractivity contribution is -0.389. The standard InChI is InChI=1S/C12H7FN2O3/c13-12-9(7-16)2-1-3-10(12)8-4-5-11(14-6-8)15(17)18/h1-7H. The third-order valence-electron chi connectivity index (χ3n) is 2.40. The van der Waals surface area contributed by atoms with Gasteiger partial charge in [-0.2, -0.15) is 0 Å². The summed E-state index contributed by atoms with van der Waals surface area (Å²) in [4.78, 5) is 24.0. The van der Waals surface area contributed by atoms with E-state index in [0.717, 1.165) is 0 Å². The molecule has 0 atom stereocenters. The van der Waals surface area contributed by atoms with Gasteiger partial charge in [-0.3, -0.25) is 4.79 Å². The van der Waals surface area contributed by atoms with Crippen LogP contribution in [0.25, 0.3) is 11.1 Å². The molecule has 0 spiro atoms. The average Bonchev–Trinajstić information content (AvgIpc) is 2.39. The summed E-state index contributed by atoms with van der Waals surface area (Å²) >= 11 is 0. The van der Waals surface area contributed by atoms with Crippen LogP contribution in [0.1, 0.15) is 10.4 Å². The SMILES string of the molecule is O=Cc1cccc(-c2ccc([N+](=O)[O-])nc2)c1F. The maximum Gasteiger partial charge on any atom is 0.363 e. The summed E-state index contributed by atoms with van der Waals surface area (Å²) in [6.07, 6.45) is 1.61. The third-order valence-corrected chi connectivity index (χ3v) is 2.40. The van der Waals surface area contributed by atoms with E-state index in [-0.39, 0.29) is 16.9 Å². The minimum absolute atomic E-state index is 0.0640. The number of rotatable bonds is 3. The molecule has 90 valence electrons. The molecule has 0 bridgehead atoms. The van der Waals surface area contributed by atoms with Gasteiger partial charge in [-0.1, -0.05) is 12.1 Å². The van der Waals surface area contributed by atoms with E-state index in [0.29, 0.717) is 11.8 Å². The van der Waals surface area contributed by atoms with Gasteiger partial charge in [0.2, 0.25) is 0 Å². The summed E-state index contributed by atoms with van der Waals surface area (Å²) < 4.78 is 13.8. The minimum atomic E-state index is -0.664. The first-order valence-corrected chi connectivity index (χ1v) is 4.98. The fraction of sp³-hybridized carbons (Fsp3) is 0. The van der Waals surface area contributed by atoms with Crippen molar-refractivity contribution >= 4 is 12.1 Å². The van der Waals surface area contributed by atoms with E-state index >= 15 is 0 Å². The Bertz CT molecular complexity index is 611. The number of benzene rings is 1. The quantitative estimate of drug-likeness (QED) is 0.474. The van der Waals surface area contributed by atoms with Gasteiger partial charge in [0.1, 0.15) is 12.0 Å². The van der Waals surface area contributed by atoms with E-state index in [4.69, 9.17) is 0 Å². The van der Waals surface area contributed by atoms with Gasteiger partial charge < -0.3 is 10.1 Å². The van der Waals surface area contributed by atoms with E-state index in [9.17, 15) is 19.3 Å². The molecule has 1 aromatic carbocycles. The van der Waals surface area contributed by atoms with Crippen molar-refractivity contribution in [1.29, 1.82) is 0 Å². The molecular weight excluding hydrogens is 239 g/mol. The first-order valence-electron chi connectivity index (χ1n) is 4.98. The topological polar surface area (TPSA) is 73.1 Å². The largest absolute Gasteiger partial charge is 0.363 e. The number of carbonyl (C=O) groups excluding carboxylic acids is 1. The Morgan fingerprint density at radius 2 is 2.06 bits per heavy atom. The molecule has 0 amide bonds. The Balaban J connectivity index is 2.49. The summed E-state index contributed by atoms with van der Waals surface area (Å²) in [5, 5.41) is 10.4. The Kier molecular flexibility index (Phi) is 3.09. The summed E-state index contributed by atoms with van der Waals surface area (Å²) in [6.45, 7) is 0. The zero-order valence-electron chi connectivity index (χ0n) is 9.04. The summed E-state index contributed by atoms with van der Waals surface area (Å²) in [6, 6.07) is 6.93. The molecule has 0 N–H and O–H groups in total. The van der Waals surface area contributed by atoms with Crippen molar-refractivity contribution < 1.29 is 14.1 Å². The third kappa shape index (κ3) is 2.08. The Hall–Kier alpha value is -2.63. The van der Waals surface area contributed by atoms with Crippen molar-refractivity contribution in [1.82, 2.24) is 4.98 Å². The molecule has 0 aliphatic carbocycles. The monoisotopic (exact) mass is 246 g/mol. The molecule has 1 heterocycles. The lowest BCUT2D eigenvalue weighted by atomic mass is 10.0. The Labute approximate surface area is 101 Å². The zero-order chi connectivity index (χ0) is 13.1. The van der Waals surface area contributed by atoms with Crippen LogP contribution in [-0.4, -0.2) is 16.2 Å². The first-order chi connectivity index (χ1) is 8.63. The van der Waals surface area contributed by atoms with E-state index < -0.39 is 10.7 Å². The fourth-order valence-corrected chi connectivity index (χ4v) is 1.52. The number of aromatic nitrogens is 1. The smallest absolute Gasteiger partial charge is 0.358 e. The second-order valence-corrected chi connectivity index (χ2v) is 3.49. The molecule has 0 unspecified atom stereocenters. The maximum absolute atomic E-state index is 13.8. The van der Waals surface area contributed by atoms with E-state index in [1.54, 1.807) is 0 Å². The molecule has 0 saturated carbocycles. The van der Waals surface area contributed by atoms with Gasteiger partial charge >= 0.3 is 5.82 Å². The van der Waals surface area contributed by atoms with Gasteiger partial charge in [0, 0.05) is 17.2 Å². The van der Waals surface area contributed by atoms with Gasteiger partial charge in [0.15, 0.2) is 6.29 Å². The van der Waals surface area contributed by atoms with Crippen LogP contribution in [0, 0.1) is 15.9 Å². The number of hydrogen-bond acceptors (Lipinski definition) is 4. The van der Waals surface area contributed by atoms with Crippen molar-refractivity contribution in [2.45, 2.75) is 0 Å². The highest BCUT2D eigenvalue weighted by atomic mass is 19.1. The normalized spacial score (nSPS) is 10.1. The molecule has 0 aliphatic rings. The number of halogens is 1. The minimum Gasteiger partial charge on any atom is -0.358 e. The molecule has 5 nitrogen and oxygen atoms in total. The van der Waals surface area contributed by atoms with E-state index in [2.05, 4.69) is 4.98 Å². The number of nitro groups is 1. The zero-order valence-corrected chi connectivity index (χ0v) is 9.04. The highest BCUT2D eigenvalue weighted by Gasteiger charge is 2.12. The van der Waals surface area contributed by atoms with Crippen LogP contribution < -0.4 is 0 Å². The predicted molar refractivity (Wildman–Crippen MR) is 61.7 cm³/mol. The van der Waals surface area contributed by atoms with Gasteiger partial charge in [-0.15, -0.1) is 0 Å². The second-order valence-electron chi connectivity index (χ2n) is 3.49. The highest BCUT2D eigenvalue weighted by molar-refractivity contribution is 5.79. The Morgan fingerprint density at radius 1 is 1.28 bits per heavy atom. The van der Waals surface area contributed by atoms with Gasteiger partial charge in [0.25, 0.3) is 0 Å². The molecule has 1 aromatic heterocycles. The van der Waals surface area contributed by atoms with Gasteiger partial charge in [-0.25, -0.2) is 4.39 Å². The van der Waals surface area contributed by atoms with E-state index in [1.165, 1.54) is 36.5 Å². The van der Waals surface area contributed by atoms with E-state index in [1.807, 2.05) is 0 Å². The second kappa shape index (κ2) is 4.70. The molecule has 0 fully saturated rings. The Morgan fingerprint density at radius 3 is 2.61 bits per heavy atom. The lowest BCUT2D eigenvalue weighted by Crippen LogP contribution is -1.94. The number of hydrogen-bond donors (Lipinski definition) is 0. The molecule has 0 saturated heterocycles. The number of aldehydes is 1. The number of nitrogens with zero attached hydrogens (tertiary/aromatic N) is 2. The fourth-order valence-electron chi connectivity index (χ4n) is 1.52. The molecule has 0 radical (unpaired) electrons. The summed E-state index contributed by atoms with van der Waals surface area (Å²) in [5.74, 6) is -0.978. The maximum atomic E-state index is 13.8. The first kappa shape index (κ1) is 11.8. The summed E-state index contributed by atoms with van der Waals surface area (Å²) in [7, 11) is 0. The summed E-state index contributed by atoms with van der Waals surface area (Å²) in [5.41, 5.74) is 0.495. The van der Waals surface area contributed by atoms with Crippen LogP contribution in [0.4, 0.5) is 10.2 Å². The van der Waals surface area contributed by atoms with Crippen molar-refractivity contribution in [2.75, 3.05) is 0 Å². The number of carbonyl (C=O) groups is 1. The molecule has 0 aliphatic heterocycles. The number of pyridine rings is 1. The van der Waals surface area contributed by atoms with Crippen molar-refractivity contribution in [3.8, 4) is 11.1 Å². The van der Waals surface area contributed by atoms with Crippen LogP contribution in [0.3, 0.4) is 0 Å². The van der Waals surface area contributed by atoms with Gasteiger partial charge in [0.05, 0.1) is 5.56 Å². The van der Waals surface area contributed by atoms with Crippen LogP contribution >= 0.6 is 0 Å². The van der Waals surface area contributed by atoms with Crippen LogP contribution in [0.15, 0.2) is 36.5 Å². The van der Waals surface area contributed by atoms with Crippen molar-refractivity contribution in [3.05, 3.63) is 58.0 Å². The molecule has 2 rings (SSSR count). The van der Waals surface area contributed by atoms with Gasteiger partial charge in [-0.05, 0) is 22.0 Å². The highest BCUT2D eigenvalue weighted by Crippen LogP contribution is 2.24. The average molecular weight is 246 g/mol. The van der Waals surface area contributed by atoms with Crippen LogP contribution in [0.2, 0.25) is 0 Å². The van der Waals surface area contributed by atoms with Crippen molar-refractivity contribution in [2.24, 2.45) is 0 Å².